The van der Waals surface area contributed by atoms with Gasteiger partial charge < -0.3 is 23.4 Å². The van der Waals surface area contributed by atoms with E-state index in [2.05, 4.69) is 6.07 Å². The highest BCUT2D eigenvalue weighted by atomic mass is 31.2. The number of piperidine rings is 1. The third kappa shape index (κ3) is 9.48. The maximum absolute atomic E-state index is 12.8. The molecule has 204 valence electrons. The van der Waals surface area contributed by atoms with Gasteiger partial charge in [0.2, 0.25) is 0 Å². The summed E-state index contributed by atoms with van der Waals surface area (Å²) >= 11 is 0. The molecule has 1 aliphatic heterocycles. The van der Waals surface area contributed by atoms with Crippen molar-refractivity contribution in [3.63, 3.8) is 0 Å². The van der Waals surface area contributed by atoms with Crippen molar-refractivity contribution in [3.8, 4) is 5.75 Å². The van der Waals surface area contributed by atoms with Gasteiger partial charge in [-0.25, -0.2) is 4.79 Å². The van der Waals surface area contributed by atoms with Crippen LogP contribution in [0.4, 0.5) is 4.79 Å². The van der Waals surface area contributed by atoms with Crippen LogP contribution >= 0.6 is 7.60 Å². The largest absolute Gasteiger partial charge is 0.489 e. The van der Waals surface area contributed by atoms with Gasteiger partial charge in [0, 0.05) is 13.1 Å². The summed E-state index contributed by atoms with van der Waals surface area (Å²) < 4.78 is 35.3. The average Bonchev–Trinajstić information content (AvgIpc) is 2.84. The van der Waals surface area contributed by atoms with E-state index in [0.29, 0.717) is 38.8 Å². The lowest BCUT2D eigenvalue weighted by Gasteiger charge is -2.33. The Morgan fingerprint density at radius 3 is 2.14 bits per heavy atom. The van der Waals surface area contributed by atoms with Crippen molar-refractivity contribution in [2.75, 3.05) is 26.3 Å². The Bertz CT molecular complexity index is 1030. The molecule has 0 bridgehead atoms. The first-order valence-electron chi connectivity index (χ1n) is 13.3. The second-order valence-electron chi connectivity index (χ2n) is 10.4. The summed E-state index contributed by atoms with van der Waals surface area (Å²) in [5.74, 6) is 1.38. The quantitative estimate of drug-likeness (QED) is 0.285. The number of hydrogen-bond acceptors (Lipinski definition) is 6. The second kappa shape index (κ2) is 13.5. The zero-order valence-electron chi connectivity index (χ0n) is 22.9. The smallest absolute Gasteiger partial charge is 0.410 e. The molecule has 0 radical (unpaired) electrons. The van der Waals surface area contributed by atoms with Crippen LogP contribution in [0.5, 0.6) is 5.75 Å². The molecule has 0 N–H and O–H groups in total. The van der Waals surface area contributed by atoms with Crippen molar-refractivity contribution < 1.29 is 27.9 Å². The fourth-order valence-corrected chi connectivity index (χ4v) is 6.12. The topological polar surface area (TPSA) is 74.3 Å². The van der Waals surface area contributed by atoms with Gasteiger partial charge in [-0.05, 0) is 82.6 Å². The van der Waals surface area contributed by atoms with Crippen LogP contribution in [0, 0.1) is 5.92 Å². The van der Waals surface area contributed by atoms with Crippen molar-refractivity contribution >= 4 is 13.7 Å². The van der Waals surface area contributed by atoms with Gasteiger partial charge in [0.25, 0.3) is 0 Å². The molecule has 1 fully saturated rings. The first-order valence-corrected chi connectivity index (χ1v) is 15.0. The lowest BCUT2D eigenvalue weighted by molar-refractivity contribution is 0.0184. The van der Waals surface area contributed by atoms with Gasteiger partial charge in [-0.2, -0.15) is 0 Å². The van der Waals surface area contributed by atoms with E-state index in [1.165, 1.54) is 5.56 Å². The lowest BCUT2D eigenvalue weighted by atomic mass is 9.90. The Morgan fingerprint density at radius 1 is 0.946 bits per heavy atom. The molecule has 1 amide bonds. The van der Waals surface area contributed by atoms with Gasteiger partial charge >= 0.3 is 13.7 Å². The van der Waals surface area contributed by atoms with E-state index in [4.69, 9.17) is 18.5 Å². The first-order chi connectivity index (χ1) is 17.6. The van der Waals surface area contributed by atoms with E-state index in [1.807, 2.05) is 82.0 Å². The van der Waals surface area contributed by atoms with E-state index in [-0.39, 0.29) is 12.3 Å². The molecule has 3 rings (SSSR count). The molecule has 8 heteroatoms. The van der Waals surface area contributed by atoms with Crippen molar-refractivity contribution in [3.05, 3.63) is 65.2 Å². The van der Waals surface area contributed by atoms with Gasteiger partial charge in [-0.15, -0.1) is 0 Å². The number of rotatable bonds is 11. The van der Waals surface area contributed by atoms with Crippen LogP contribution in [-0.2, 0) is 37.5 Å². The second-order valence-corrected chi connectivity index (χ2v) is 12.5. The van der Waals surface area contributed by atoms with Crippen LogP contribution in [0.2, 0.25) is 0 Å². The van der Waals surface area contributed by atoms with Crippen molar-refractivity contribution in [2.24, 2.45) is 5.92 Å². The Morgan fingerprint density at radius 2 is 1.54 bits per heavy atom. The number of ether oxygens (including phenoxy) is 2. The summed E-state index contributed by atoms with van der Waals surface area (Å²) in [7, 11) is -3.12. The van der Waals surface area contributed by atoms with Crippen molar-refractivity contribution in [2.45, 2.75) is 72.3 Å². The van der Waals surface area contributed by atoms with E-state index in [1.54, 1.807) is 0 Å². The molecule has 1 aliphatic rings. The van der Waals surface area contributed by atoms with Crippen LogP contribution in [-0.4, -0.2) is 42.9 Å². The number of likely N-dealkylation sites (tertiary alicyclic amines) is 1. The third-order valence-electron chi connectivity index (χ3n) is 6.19. The molecular weight excluding hydrogens is 489 g/mol. The molecule has 0 atom stereocenters. The number of para-hydroxylation sites is 1. The van der Waals surface area contributed by atoms with Crippen LogP contribution < -0.4 is 4.74 Å². The summed E-state index contributed by atoms with van der Waals surface area (Å²) in [6, 6.07) is 16.1. The van der Waals surface area contributed by atoms with Crippen LogP contribution in [0.15, 0.2) is 48.5 Å². The van der Waals surface area contributed by atoms with Gasteiger partial charge in [0.1, 0.15) is 18.0 Å². The highest BCUT2D eigenvalue weighted by molar-refractivity contribution is 7.53. The highest BCUT2D eigenvalue weighted by Gasteiger charge is 2.27. The van der Waals surface area contributed by atoms with E-state index in [0.717, 1.165) is 36.1 Å². The Hall–Kier alpha value is -2.34. The Kier molecular flexibility index (Phi) is 10.6. The zero-order valence-corrected chi connectivity index (χ0v) is 23.8. The number of benzene rings is 2. The molecule has 0 saturated carbocycles. The first kappa shape index (κ1) is 29.2. The number of nitrogens with zero attached hydrogens (tertiary/aromatic N) is 1. The van der Waals surface area contributed by atoms with Crippen LogP contribution in [0.1, 0.15) is 64.2 Å². The molecule has 7 nitrogen and oxygen atoms in total. The monoisotopic (exact) mass is 531 g/mol. The lowest BCUT2D eigenvalue weighted by Crippen LogP contribution is -2.42. The molecule has 37 heavy (non-hydrogen) atoms. The van der Waals surface area contributed by atoms with E-state index in [9.17, 15) is 9.36 Å². The molecule has 2 aromatic rings. The van der Waals surface area contributed by atoms with Crippen LogP contribution in [0.3, 0.4) is 0 Å². The van der Waals surface area contributed by atoms with E-state index >= 15 is 0 Å². The predicted octanol–water partition coefficient (Wildman–Crippen LogP) is 7.22. The summed E-state index contributed by atoms with van der Waals surface area (Å²) in [5.41, 5.74) is 2.66. The maximum atomic E-state index is 12.8. The number of carbonyl (C=O) groups excluding carboxylic acids is 1. The summed E-state index contributed by atoms with van der Waals surface area (Å²) in [6.45, 7) is 11.9. The molecule has 1 saturated heterocycles. The minimum atomic E-state index is -3.12. The SMILES string of the molecule is CCOP(=O)(Cc1ccc(COc2ccccc2CC2CCN(C(=O)OC(C)(C)C)CC2)cc1)OCC. The molecule has 2 aromatic carbocycles. The van der Waals surface area contributed by atoms with Crippen molar-refractivity contribution in [1.29, 1.82) is 0 Å². The Labute approximate surface area is 222 Å². The van der Waals surface area contributed by atoms with Gasteiger partial charge in [0.05, 0.1) is 19.4 Å². The molecule has 0 unspecified atom stereocenters. The fourth-order valence-electron chi connectivity index (χ4n) is 4.42. The summed E-state index contributed by atoms with van der Waals surface area (Å²) in [5, 5.41) is 0. The summed E-state index contributed by atoms with van der Waals surface area (Å²) in [6.07, 6.45) is 2.84. The average molecular weight is 532 g/mol. The van der Waals surface area contributed by atoms with Crippen molar-refractivity contribution in [1.82, 2.24) is 4.90 Å². The molecule has 0 spiro atoms. The molecule has 0 aliphatic carbocycles. The van der Waals surface area contributed by atoms with E-state index < -0.39 is 13.2 Å². The zero-order chi connectivity index (χ0) is 26.9. The third-order valence-corrected chi connectivity index (χ3v) is 8.25. The molecular formula is C29H42NO6P. The maximum Gasteiger partial charge on any atom is 0.410 e. The standard InChI is InChI=1S/C29H42NO6P/c1-6-34-37(32,35-7-2)22-25-14-12-24(13-15-25)21-33-27-11-9-8-10-26(27)20-23-16-18-30(19-17-23)28(31)36-29(3,4)5/h8-15,23H,6-7,16-22H2,1-5H3. The van der Waals surface area contributed by atoms with Gasteiger partial charge in [-0.3, -0.25) is 4.57 Å². The number of hydrogen-bond donors (Lipinski definition) is 0. The summed E-state index contributed by atoms with van der Waals surface area (Å²) in [4.78, 5) is 14.2. The molecule has 1 heterocycles. The fraction of sp³-hybridized carbons (Fsp3) is 0.552. The number of carbonyl (C=O) groups is 1. The highest BCUT2D eigenvalue weighted by Crippen LogP contribution is 2.51. The number of amides is 1. The minimum absolute atomic E-state index is 0.223. The minimum Gasteiger partial charge on any atom is -0.489 e. The Balaban J connectivity index is 1.53. The van der Waals surface area contributed by atoms with Crippen LogP contribution in [0.25, 0.3) is 0 Å². The predicted molar refractivity (Wildman–Crippen MR) is 146 cm³/mol. The molecule has 0 aromatic heterocycles. The van der Waals surface area contributed by atoms with Gasteiger partial charge in [0.15, 0.2) is 0 Å². The van der Waals surface area contributed by atoms with Gasteiger partial charge in [-0.1, -0.05) is 42.5 Å². The normalized spacial score (nSPS) is 15.0.